The molecule has 4 aromatic carbocycles. The van der Waals surface area contributed by atoms with E-state index in [0.717, 1.165) is 19.3 Å². The van der Waals surface area contributed by atoms with E-state index in [0.29, 0.717) is 0 Å². The Balaban J connectivity index is 0.00000288. The molecule has 256 valence electrons. The molecular formula is C43H54Cl3SiTi-. The molecule has 1 aliphatic carbocycles. The van der Waals surface area contributed by atoms with Gasteiger partial charge in [0.2, 0.25) is 0 Å². The first-order valence-electron chi connectivity index (χ1n) is 16.5. The van der Waals surface area contributed by atoms with Crippen LogP contribution in [0.1, 0.15) is 101 Å². The summed E-state index contributed by atoms with van der Waals surface area (Å²) >= 11 is 0. The minimum absolute atomic E-state index is 0. The van der Waals surface area contributed by atoms with Crippen LogP contribution in [0.25, 0.3) is 5.57 Å². The van der Waals surface area contributed by atoms with Crippen molar-refractivity contribution in [2.45, 2.75) is 99.3 Å². The first kappa shape index (κ1) is 44.2. The largest absolute Gasteiger partial charge is 0.272 e. The summed E-state index contributed by atoms with van der Waals surface area (Å²) in [5.74, 6) is 0. The maximum absolute atomic E-state index is 4.06. The second kappa shape index (κ2) is 17.4. The van der Waals surface area contributed by atoms with Crippen molar-refractivity contribution in [3.8, 4) is 0 Å². The Hall–Kier alpha value is -1.84. The minimum atomic E-state index is -2.88. The average Bonchev–Trinajstić information content (AvgIpc) is 3.46. The van der Waals surface area contributed by atoms with E-state index in [2.05, 4.69) is 166 Å². The Morgan fingerprint density at radius 3 is 1.52 bits per heavy atom. The molecule has 0 fully saturated rings. The molecule has 1 unspecified atom stereocenters. The van der Waals surface area contributed by atoms with E-state index >= 15 is 0 Å². The summed E-state index contributed by atoms with van der Waals surface area (Å²) in [6, 6.07) is 33.6. The molecule has 0 heterocycles. The molecule has 4 aromatic rings. The number of halogens is 3. The number of aryl methyl sites for hydroxylation is 4. The van der Waals surface area contributed by atoms with Crippen molar-refractivity contribution >= 4 is 66.4 Å². The van der Waals surface area contributed by atoms with Crippen LogP contribution in [0, 0.1) is 19.9 Å². The minimum Gasteiger partial charge on any atom is -0.272 e. The van der Waals surface area contributed by atoms with Crippen molar-refractivity contribution in [3.05, 3.63) is 141 Å². The number of benzene rings is 4. The van der Waals surface area contributed by atoms with Crippen LogP contribution in [0.3, 0.4) is 0 Å². The van der Waals surface area contributed by atoms with Crippen LogP contribution >= 0.6 is 37.2 Å². The van der Waals surface area contributed by atoms with Crippen LogP contribution in [-0.2, 0) is 45.4 Å². The first-order valence-corrected chi connectivity index (χ1v) is 18.5. The summed E-state index contributed by atoms with van der Waals surface area (Å²) in [5.41, 5.74) is 11.0. The van der Waals surface area contributed by atoms with Gasteiger partial charge in [-0.2, -0.15) is 11.6 Å². The fraction of sp³-hybridized carbons (Fsp3) is 0.349. The number of rotatable bonds is 7. The summed E-state index contributed by atoms with van der Waals surface area (Å²) in [6.07, 6.45) is 9.38. The van der Waals surface area contributed by atoms with Crippen molar-refractivity contribution in [1.82, 2.24) is 0 Å². The van der Waals surface area contributed by atoms with Gasteiger partial charge in [0.25, 0.3) is 0 Å². The predicted octanol–water partition coefficient (Wildman–Crippen LogP) is 10.5. The predicted molar refractivity (Wildman–Crippen MR) is 217 cm³/mol. The second-order valence-electron chi connectivity index (χ2n) is 14.9. The van der Waals surface area contributed by atoms with Gasteiger partial charge < -0.3 is 0 Å². The van der Waals surface area contributed by atoms with Gasteiger partial charge in [-0.25, -0.2) is 5.20 Å². The monoisotopic (exact) mass is 751 g/mol. The number of allylic oxidation sites excluding steroid dienone is 4. The summed E-state index contributed by atoms with van der Waals surface area (Å²) < 4.78 is 0. The van der Waals surface area contributed by atoms with Crippen LogP contribution in [-0.4, -0.2) is 8.07 Å². The molecule has 0 aliphatic heterocycles. The summed E-state index contributed by atoms with van der Waals surface area (Å²) in [7, 11) is -2.88. The van der Waals surface area contributed by atoms with Gasteiger partial charge in [0.15, 0.2) is 0 Å². The van der Waals surface area contributed by atoms with E-state index in [9.17, 15) is 0 Å². The zero-order chi connectivity index (χ0) is 31.9. The fourth-order valence-electron chi connectivity index (χ4n) is 6.89. The van der Waals surface area contributed by atoms with Gasteiger partial charge in [-0.1, -0.05) is 151 Å². The van der Waals surface area contributed by atoms with Gasteiger partial charge in [-0.15, -0.1) is 49.2 Å². The van der Waals surface area contributed by atoms with Gasteiger partial charge in [-0.05, 0) is 75.3 Å². The van der Waals surface area contributed by atoms with Gasteiger partial charge in [0.1, 0.15) is 8.07 Å². The maximum Gasteiger partial charge on any atom is 0.144 e. The van der Waals surface area contributed by atoms with E-state index in [1.165, 1.54) is 65.3 Å². The molecule has 0 saturated heterocycles. The van der Waals surface area contributed by atoms with Crippen LogP contribution in [0.5, 0.6) is 0 Å². The molecule has 0 bridgehead atoms. The molecule has 5 rings (SSSR count). The van der Waals surface area contributed by atoms with Crippen molar-refractivity contribution in [1.29, 1.82) is 0 Å². The van der Waals surface area contributed by atoms with Gasteiger partial charge in [0.05, 0.1) is 0 Å². The zero-order valence-corrected chi connectivity index (χ0v) is 35.5. The third-order valence-corrected chi connectivity index (χ3v) is 14.0. The molecule has 1 atom stereocenters. The molecule has 0 amide bonds. The Morgan fingerprint density at radius 1 is 0.604 bits per heavy atom. The molecular weight excluding hydrogens is 699 g/mol. The molecule has 0 saturated carbocycles. The van der Waals surface area contributed by atoms with E-state index in [1.807, 2.05) is 0 Å². The first-order chi connectivity index (χ1) is 20.8. The molecule has 1 aliphatic rings. The fourth-order valence-corrected chi connectivity index (χ4v) is 12.2. The van der Waals surface area contributed by atoms with E-state index in [1.54, 1.807) is 0 Å². The van der Waals surface area contributed by atoms with E-state index in [-0.39, 0.29) is 69.8 Å². The molecule has 0 spiro atoms. The maximum atomic E-state index is 4.06. The average molecular weight is 753 g/mol. The third-order valence-electron chi connectivity index (χ3n) is 9.37. The molecule has 48 heavy (non-hydrogen) atoms. The van der Waals surface area contributed by atoms with Crippen molar-refractivity contribution in [2.24, 2.45) is 0 Å². The quantitative estimate of drug-likeness (QED) is 0.100. The Morgan fingerprint density at radius 2 is 1.06 bits per heavy atom. The third kappa shape index (κ3) is 8.90. The van der Waals surface area contributed by atoms with Crippen molar-refractivity contribution in [3.63, 3.8) is 0 Å². The van der Waals surface area contributed by atoms with Crippen LogP contribution in [0.4, 0.5) is 0 Å². The van der Waals surface area contributed by atoms with E-state index in [4.69, 9.17) is 0 Å². The smallest absolute Gasteiger partial charge is 0.144 e. The molecule has 0 N–H and O–H groups in total. The molecule has 0 nitrogen and oxygen atoms in total. The summed E-state index contributed by atoms with van der Waals surface area (Å²) in [4.78, 5) is 0. The number of hydrogen-bond acceptors (Lipinski definition) is 0. The molecule has 0 aromatic heterocycles. The van der Waals surface area contributed by atoms with Gasteiger partial charge in [0, 0.05) is 21.7 Å². The van der Waals surface area contributed by atoms with Crippen molar-refractivity contribution < 1.29 is 21.7 Å². The van der Waals surface area contributed by atoms with Crippen LogP contribution in [0.2, 0.25) is 0 Å². The summed E-state index contributed by atoms with van der Waals surface area (Å²) in [5, 5.41) is 5.83. The Bertz CT molecular complexity index is 1670. The SMILES string of the molecule is CCc1cc(CC)cc([Si](C2=[C-]CC=C2c2ccccc2)(c2cc(C)cc(C)c2)c2cc(C(C)(C)C)cc(C(C)(C)C)c2)c1.Cl.Cl.Cl.[Ti]. The van der Waals surface area contributed by atoms with Crippen LogP contribution < -0.4 is 15.6 Å². The zero-order valence-electron chi connectivity index (χ0n) is 30.5. The van der Waals surface area contributed by atoms with Crippen LogP contribution in [0.15, 0.2) is 96.2 Å². The van der Waals surface area contributed by atoms with E-state index < -0.39 is 8.07 Å². The Labute approximate surface area is 326 Å². The van der Waals surface area contributed by atoms with Crippen molar-refractivity contribution in [2.75, 3.05) is 0 Å². The standard InChI is InChI=1S/C43H51Si.3ClH.Ti/c1-11-32-24-33(12-2)26-38(25-32)44(37-22-30(3)21-31(4)23-37,41-20-16-19-40(41)34-17-14-13-15-18-34)39-28-35(42(5,6)7)27-36(29-39)43(8,9)10;;;;/h13-15,17-19,21-29H,11-12,16H2,1-10H3;3*1H;/q-1;;;;. The van der Waals surface area contributed by atoms with Gasteiger partial charge in [-0.3, -0.25) is 6.08 Å². The molecule has 0 radical (unpaired) electrons. The summed E-state index contributed by atoms with van der Waals surface area (Å²) in [6.45, 7) is 23.3. The molecule has 5 heteroatoms. The Kier molecular flexibility index (Phi) is 16.0. The second-order valence-corrected chi connectivity index (χ2v) is 18.6. The van der Waals surface area contributed by atoms with Gasteiger partial charge >= 0.3 is 0 Å². The number of hydrogen-bond donors (Lipinski definition) is 0. The normalized spacial score (nSPS) is 13.9. The topological polar surface area (TPSA) is 0 Å².